The van der Waals surface area contributed by atoms with Crippen LogP contribution in [0.3, 0.4) is 0 Å². The van der Waals surface area contributed by atoms with Gasteiger partial charge in [-0.25, -0.2) is 4.39 Å². The van der Waals surface area contributed by atoms with Crippen molar-refractivity contribution in [1.29, 1.82) is 0 Å². The molecule has 0 N–H and O–H groups in total. The van der Waals surface area contributed by atoms with Crippen LogP contribution in [-0.2, 0) is 0 Å². The van der Waals surface area contributed by atoms with Crippen molar-refractivity contribution in [2.75, 3.05) is 0 Å². The number of rotatable bonds is 0. The predicted molar refractivity (Wildman–Crippen MR) is 46.4 cm³/mol. The van der Waals surface area contributed by atoms with Crippen LogP contribution in [0, 0.1) is 12.7 Å². The van der Waals surface area contributed by atoms with E-state index in [0.717, 1.165) is 11.1 Å². The summed E-state index contributed by atoms with van der Waals surface area (Å²) in [5.41, 5.74) is 0.868. The van der Waals surface area contributed by atoms with Crippen molar-refractivity contribution in [3.05, 3.63) is 42.0 Å². The first kappa shape index (κ1) is 7.22. The molecule has 0 atom stereocenters. The summed E-state index contributed by atoms with van der Waals surface area (Å²) in [6.45, 7) is 1.88. The molecule has 0 fully saturated rings. The van der Waals surface area contributed by atoms with Crippen LogP contribution in [0.2, 0.25) is 0 Å². The molecule has 60 valence electrons. The number of aryl methyl sites for hydroxylation is 1. The predicted octanol–water partition coefficient (Wildman–Crippen LogP) is 2.68. The summed E-state index contributed by atoms with van der Waals surface area (Å²) in [6, 6.07) is 7.35. The fraction of sp³-hybridized carbons (Fsp3) is 0.100. The van der Waals surface area contributed by atoms with Gasteiger partial charge in [0.05, 0.1) is 6.20 Å². The van der Waals surface area contributed by atoms with Crippen molar-refractivity contribution in [3.8, 4) is 0 Å². The summed E-state index contributed by atoms with van der Waals surface area (Å²) in [5, 5.41) is 1.53. The standard InChI is InChI=1S/C10H8FN/c1-7-8-4-2-3-5-9(8)10(11)6-12-7/h2-6H,1H3. The van der Waals surface area contributed by atoms with Crippen LogP contribution in [-0.4, -0.2) is 4.98 Å². The van der Waals surface area contributed by atoms with Crippen LogP contribution in [0.1, 0.15) is 5.69 Å². The van der Waals surface area contributed by atoms with E-state index in [1.54, 1.807) is 6.07 Å². The summed E-state index contributed by atoms with van der Waals surface area (Å²) in [7, 11) is 0. The van der Waals surface area contributed by atoms with E-state index in [2.05, 4.69) is 4.98 Å². The quantitative estimate of drug-likeness (QED) is 0.578. The Morgan fingerprint density at radius 1 is 1.17 bits per heavy atom. The number of fused-ring (bicyclic) bond motifs is 1. The lowest BCUT2D eigenvalue weighted by Gasteiger charge is -2.00. The number of hydrogen-bond acceptors (Lipinski definition) is 1. The second-order valence-electron chi connectivity index (χ2n) is 2.74. The van der Waals surface area contributed by atoms with Gasteiger partial charge in [-0.3, -0.25) is 4.98 Å². The van der Waals surface area contributed by atoms with Gasteiger partial charge in [0.2, 0.25) is 0 Å². The zero-order chi connectivity index (χ0) is 8.55. The molecule has 1 aromatic carbocycles. The Hall–Kier alpha value is -1.44. The Balaban J connectivity index is 2.95. The minimum atomic E-state index is -0.254. The highest BCUT2D eigenvalue weighted by Crippen LogP contribution is 2.18. The van der Waals surface area contributed by atoms with Crippen molar-refractivity contribution >= 4 is 10.8 Å². The minimum Gasteiger partial charge on any atom is -0.258 e. The van der Waals surface area contributed by atoms with E-state index in [9.17, 15) is 4.39 Å². The number of halogens is 1. The highest BCUT2D eigenvalue weighted by Gasteiger charge is 2.01. The highest BCUT2D eigenvalue weighted by atomic mass is 19.1. The van der Waals surface area contributed by atoms with E-state index in [1.165, 1.54) is 6.20 Å². The number of nitrogens with zero attached hydrogens (tertiary/aromatic N) is 1. The molecule has 2 aromatic rings. The SMILES string of the molecule is Cc1ncc(F)c2ccccc12. The van der Waals surface area contributed by atoms with Crippen LogP contribution < -0.4 is 0 Å². The van der Waals surface area contributed by atoms with Crippen molar-refractivity contribution in [1.82, 2.24) is 4.98 Å². The maximum Gasteiger partial charge on any atom is 0.149 e. The average Bonchev–Trinajstić information content (AvgIpc) is 2.12. The van der Waals surface area contributed by atoms with Gasteiger partial charge < -0.3 is 0 Å². The Morgan fingerprint density at radius 3 is 2.50 bits per heavy atom. The van der Waals surface area contributed by atoms with Gasteiger partial charge in [0.25, 0.3) is 0 Å². The summed E-state index contributed by atoms with van der Waals surface area (Å²) in [5.74, 6) is -0.254. The number of pyridine rings is 1. The minimum absolute atomic E-state index is 0.254. The first-order valence-electron chi connectivity index (χ1n) is 3.79. The molecule has 1 nitrogen and oxygen atoms in total. The van der Waals surface area contributed by atoms with E-state index >= 15 is 0 Å². The Labute approximate surface area is 69.9 Å². The first-order chi connectivity index (χ1) is 5.79. The molecule has 0 radical (unpaired) electrons. The van der Waals surface area contributed by atoms with Crippen LogP contribution in [0.15, 0.2) is 30.5 Å². The molecule has 0 unspecified atom stereocenters. The maximum atomic E-state index is 13.1. The van der Waals surface area contributed by atoms with Gasteiger partial charge in [-0.15, -0.1) is 0 Å². The van der Waals surface area contributed by atoms with E-state index in [1.807, 2.05) is 25.1 Å². The molecule has 0 aliphatic heterocycles. The molecule has 0 aliphatic carbocycles. The fourth-order valence-electron chi connectivity index (χ4n) is 1.30. The summed E-state index contributed by atoms with van der Waals surface area (Å²) < 4.78 is 13.1. The smallest absolute Gasteiger partial charge is 0.149 e. The van der Waals surface area contributed by atoms with E-state index in [0.29, 0.717) is 5.39 Å². The molecule has 0 spiro atoms. The van der Waals surface area contributed by atoms with E-state index in [-0.39, 0.29) is 5.82 Å². The Bertz CT molecular complexity index is 383. The first-order valence-corrected chi connectivity index (χ1v) is 3.79. The molecule has 1 aromatic heterocycles. The molecule has 1 heterocycles. The summed E-state index contributed by atoms with van der Waals surface area (Å²) in [6.07, 6.45) is 1.26. The molecule has 2 rings (SSSR count). The van der Waals surface area contributed by atoms with Gasteiger partial charge in [-0.1, -0.05) is 24.3 Å². The van der Waals surface area contributed by atoms with Crippen molar-refractivity contribution in [2.45, 2.75) is 6.92 Å². The lowest BCUT2D eigenvalue weighted by molar-refractivity contribution is 0.633. The third-order valence-corrected chi connectivity index (χ3v) is 1.95. The second-order valence-corrected chi connectivity index (χ2v) is 2.74. The summed E-state index contributed by atoms with van der Waals surface area (Å²) >= 11 is 0. The van der Waals surface area contributed by atoms with Gasteiger partial charge in [0.1, 0.15) is 5.82 Å². The highest BCUT2D eigenvalue weighted by molar-refractivity contribution is 5.84. The fourth-order valence-corrected chi connectivity index (χ4v) is 1.30. The van der Waals surface area contributed by atoms with Crippen LogP contribution >= 0.6 is 0 Å². The normalized spacial score (nSPS) is 10.5. The van der Waals surface area contributed by atoms with E-state index in [4.69, 9.17) is 0 Å². The number of hydrogen-bond donors (Lipinski definition) is 0. The second kappa shape index (κ2) is 2.55. The monoisotopic (exact) mass is 161 g/mol. The number of aromatic nitrogens is 1. The molecule has 0 saturated heterocycles. The maximum absolute atomic E-state index is 13.1. The molecule has 0 bridgehead atoms. The molecule has 0 saturated carbocycles. The molecule has 2 heteroatoms. The zero-order valence-corrected chi connectivity index (χ0v) is 6.71. The van der Waals surface area contributed by atoms with Gasteiger partial charge in [0, 0.05) is 16.5 Å². The largest absolute Gasteiger partial charge is 0.258 e. The Kier molecular flexibility index (Phi) is 1.54. The molecule has 12 heavy (non-hydrogen) atoms. The van der Waals surface area contributed by atoms with E-state index < -0.39 is 0 Å². The summed E-state index contributed by atoms with van der Waals surface area (Å²) in [4.78, 5) is 3.93. The molecular formula is C10H8FN. The van der Waals surface area contributed by atoms with Crippen LogP contribution in [0.5, 0.6) is 0 Å². The molecular weight excluding hydrogens is 153 g/mol. The molecule has 0 aliphatic rings. The van der Waals surface area contributed by atoms with Crippen molar-refractivity contribution < 1.29 is 4.39 Å². The van der Waals surface area contributed by atoms with Crippen molar-refractivity contribution in [2.24, 2.45) is 0 Å². The van der Waals surface area contributed by atoms with Crippen molar-refractivity contribution in [3.63, 3.8) is 0 Å². The number of benzene rings is 1. The van der Waals surface area contributed by atoms with Gasteiger partial charge in [0.15, 0.2) is 0 Å². The van der Waals surface area contributed by atoms with Gasteiger partial charge in [-0.2, -0.15) is 0 Å². The third-order valence-electron chi connectivity index (χ3n) is 1.95. The van der Waals surface area contributed by atoms with Gasteiger partial charge >= 0.3 is 0 Å². The van der Waals surface area contributed by atoms with Crippen LogP contribution in [0.25, 0.3) is 10.8 Å². The lowest BCUT2D eigenvalue weighted by atomic mass is 10.1. The zero-order valence-electron chi connectivity index (χ0n) is 6.71. The average molecular weight is 161 g/mol. The topological polar surface area (TPSA) is 12.9 Å². The Morgan fingerprint density at radius 2 is 1.83 bits per heavy atom. The van der Waals surface area contributed by atoms with Gasteiger partial charge in [-0.05, 0) is 6.92 Å². The van der Waals surface area contributed by atoms with Crippen LogP contribution in [0.4, 0.5) is 4.39 Å². The lowest BCUT2D eigenvalue weighted by Crippen LogP contribution is -1.86. The molecule has 0 amide bonds. The third kappa shape index (κ3) is 0.961.